The van der Waals surface area contributed by atoms with E-state index in [-0.39, 0.29) is 17.2 Å². The van der Waals surface area contributed by atoms with Crippen LogP contribution in [-0.2, 0) is 9.59 Å². The molecule has 3 aromatic rings. The number of nitrogens with zero attached hydrogens (tertiary/aromatic N) is 4. The van der Waals surface area contributed by atoms with E-state index in [9.17, 15) is 24.5 Å². The third kappa shape index (κ3) is 3.16. The topological polar surface area (TPSA) is 113 Å². The highest BCUT2D eigenvalue weighted by Crippen LogP contribution is 2.53. The fraction of sp³-hybridized carbons (Fsp3) is 0.154. The highest BCUT2D eigenvalue weighted by atomic mass is 35.5. The van der Waals surface area contributed by atoms with Crippen molar-refractivity contribution in [2.45, 2.75) is 12.1 Å². The molecular formula is C26H17ClN4O5. The van der Waals surface area contributed by atoms with Crippen molar-refractivity contribution in [1.82, 2.24) is 5.01 Å². The van der Waals surface area contributed by atoms with Gasteiger partial charge in [-0.15, -0.1) is 0 Å². The molecule has 2 fully saturated rings. The second-order valence-corrected chi connectivity index (χ2v) is 9.29. The van der Waals surface area contributed by atoms with Crippen molar-refractivity contribution >= 4 is 46.8 Å². The molecule has 0 spiro atoms. The number of rotatable bonds is 4. The molecule has 2 saturated heterocycles. The smallest absolute Gasteiger partial charge is 0.271 e. The summed E-state index contributed by atoms with van der Waals surface area (Å²) in [5.41, 5.74) is 1.78. The van der Waals surface area contributed by atoms with Crippen molar-refractivity contribution < 1.29 is 19.3 Å². The molecule has 0 radical (unpaired) electrons. The Labute approximate surface area is 209 Å². The lowest BCUT2D eigenvalue weighted by Crippen LogP contribution is -2.44. The maximum atomic E-state index is 13.8. The maximum Gasteiger partial charge on any atom is 0.271 e. The third-order valence-corrected chi connectivity index (χ3v) is 7.24. The Morgan fingerprint density at radius 1 is 0.944 bits per heavy atom. The van der Waals surface area contributed by atoms with Gasteiger partial charge in [0.1, 0.15) is 6.04 Å². The van der Waals surface area contributed by atoms with Crippen LogP contribution in [0.2, 0.25) is 5.02 Å². The van der Waals surface area contributed by atoms with E-state index in [0.717, 1.165) is 16.0 Å². The van der Waals surface area contributed by atoms with E-state index in [1.807, 2.05) is 24.3 Å². The number of benzene rings is 3. The molecule has 3 aliphatic rings. The molecule has 3 aliphatic heterocycles. The normalized spacial score (nSPS) is 23.9. The van der Waals surface area contributed by atoms with Crippen LogP contribution >= 0.6 is 11.6 Å². The number of nitro groups is 1. The summed E-state index contributed by atoms with van der Waals surface area (Å²) >= 11 is 6.00. The molecule has 2 amide bonds. The lowest BCUT2D eigenvalue weighted by Gasteiger charge is -2.33. The van der Waals surface area contributed by atoms with Crippen LogP contribution in [0, 0.1) is 22.0 Å². The lowest BCUT2D eigenvalue weighted by atomic mass is 9.83. The summed E-state index contributed by atoms with van der Waals surface area (Å²) in [6, 6.07) is 17.4. The Morgan fingerprint density at radius 3 is 2.42 bits per heavy atom. The minimum absolute atomic E-state index is 0.102. The Kier molecular flexibility index (Phi) is 4.97. The van der Waals surface area contributed by atoms with Crippen LogP contribution in [0.1, 0.15) is 27.5 Å². The van der Waals surface area contributed by atoms with Crippen molar-refractivity contribution in [2.75, 3.05) is 4.90 Å². The first-order valence-corrected chi connectivity index (χ1v) is 11.6. The number of carbonyl (C=O) groups excluding carboxylic acids is 3. The summed E-state index contributed by atoms with van der Waals surface area (Å²) in [5, 5.41) is 17.9. The second kappa shape index (κ2) is 8.10. The summed E-state index contributed by atoms with van der Waals surface area (Å²) < 4.78 is 0. The fourth-order valence-corrected chi connectivity index (χ4v) is 5.58. The van der Waals surface area contributed by atoms with Crippen LogP contribution in [0.5, 0.6) is 0 Å². The molecule has 178 valence electrons. The van der Waals surface area contributed by atoms with Crippen LogP contribution in [0.3, 0.4) is 0 Å². The number of amides is 2. The predicted molar refractivity (Wildman–Crippen MR) is 131 cm³/mol. The number of carbonyl (C=O) groups is 3. The van der Waals surface area contributed by atoms with E-state index in [1.165, 1.54) is 24.3 Å². The van der Waals surface area contributed by atoms with E-state index in [2.05, 4.69) is 5.10 Å². The van der Waals surface area contributed by atoms with Crippen molar-refractivity contribution in [1.29, 1.82) is 0 Å². The van der Waals surface area contributed by atoms with Crippen molar-refractivity contribution in [3.05, 3.63) is 105 Å². The number of halogens is 1. The highest BCUT2D eigenvalue weighted by molar-refractivity contribution is 6.30. The summed E-state index contributed by atoms with van der Waals surface area (Å²) in [4.78, 5) is 53.1. The maximum absolute atomic E-state index is 13.8. The van der Waals surface area contributed by atoms with Crippen molar-refractivity contribution in [3.63, 3.8) is 0 Å². The first-order valence-electron chi connectivity index (χ1n) is 11.2. The van der Waals surface area contributed by atoms with Gasteiger partial charge in [0.05, 0.1) is 34.7 Å². The van der Waals surface area contributed by atoms with Crippen LogP contribution < -0.4 is 4.90 Å². The Hall–Kier alpha value is -4.37. The van der Waals surface area contributed by atoms with E-state index in [4.69, 9.17) is 11.6 Å². The first kappa shape index (κ1) is 22.1. The summed E-state index contributed by atoms with van der Waals surface area (Å²) in [6.07, 6.45) is 1.63. The number of Topliss-reactive ketones (excluding diaryl/α,β-unsaturated/α-hetero) is 1. The Bertz CT molecular complexity index is 1490. The van der Waals surface area contributed by atoms with E-state index in [0.29, 0.717) is 10.6 Å². The zero-order valence-corrected chi connectivity index (χ0v) is 19.3. The van der Waals surface area contributed by atoms with Gasteiger partial charge in [-0.3, -0.25) is 29.5 Å². The average molecular weight is 501 g/mol. The summed E-state index contributed by atoms with van der Waals surface area (Å²) in [7, 11) is 0. The molecule has 0 saturated carbocycles. The zero-order valence-electron chi connectivity index (χ0n) is 18.5. The number of nitro benzene ring substituents is 1. The number of anilines is 1. The number of hydrogen-bond acceptors (Lipinski definition) is 7. The van der Waals surface area contributed by atoms with Gasteiger partial charge in [-0.05, 0) is 41.5 Å². The molecule has 0 aromatic heterocycles. The molecule has 0 aliphatic carbocycles. The first-order chi connectivity index (χ1) is 17.4. The van der Waals surface area contributed by atoms with Gasteiger partial charge < -0.3 is 0 Å². The van der Waals surface area contributed by atoms with Gasteiger partial charge in [-0.25, -0.2) is 4.90 Å². The van der Waals surface area contributed by atoms with E-state index >= 15 is 0 Å². The van der Waals surface area contributed by atoms with Gasteiger partial charge in [-0.2, -0.15) is 5.10 Å². The van der Waals surface area contributed by atoms with Gasteiger partial charge in [0.2, 0.25) is 11.8 Å². The molecule has 0 unspecified atom stereocenters. The summed E-state index contributed by atoms with van der Waals surface area (Å²) in [6.45, 7) is 0. The van der Waals surface area contributed by atoms with Crippen LogP contribution in [0.15, 0.2) is 77.9 Å². The number of hydrogen-bond donors (Lipinski definition) is 0. The number of ketones is 1. The molecule has 36 heavy (non-hydrogen) atoms. The molecule has 4 atom stereocenters. The molecule has 0 bridgehead atoms. The predicted octanol–water partition coefficient (Wildman–Crippen LogP) is 4.01. The van der Waals surface area contributed by atoms with E-state index in [1.54, 1.807) is 35.5 Å². The second-order valence-electron chi connectivity index (χ2n) is 8.85. The van der Waals surface area contributed by atoms with Crippen molar-refractivity contribution in [3.8, 4) is 0 Å². The number of hydrazone groups is 1. The molecule has 6 rings (SSSR count). The Morgan fingerprint density at radius 2 is 1.67 bits per heavy atom. The van der Waals surface area contributed by atoms with Crippen LogP contribution in [0.4, 0.5) is 11.4 Å². The Balaban J connectivity index is 1.49. The van der Waals surface area contributed by atoms with Crippen LogP contribution in [0.25, 0.3) is 0 Å². The van der Waals surface area contributed by atoms with Gasteiger partial charge in [0.25, 0.3) is 5.69 Å². The monoisotopic (exact) mass is 500 g/mol. The molecule has 9 nitrogen and oxygen atoms in total. The largest absolute Gasteiger partial charge is 0.292 e. The average Bonchev–Trinajstić information content (AvgIpc) is 3.36. The zero-order chi connectivity index (χ0) is 25.1. The van der Waals surface area contributed by atoms with Crippen LogP contribution in [-0.4, -0.2) is 39.8 Å². The standard InChI is InChI=1S/C26H17ClN4O5/c27-16-10-8-14(9-11-16)24(32)23-21-20(22-19-7-2-1-4-15(19)13-28-30(22)23)25(33)29(26(21)34)17-5-3-6-18(12-17)31(35)36/h1-13,20-23H/t20-,21+,22-,23-/m1/s1. The van der Waals surface area contributed by atoms with Gasteiger partial charge in [0, 0.05) is 22.7 Å². The van der Waals surface area contributed by atoms with Crippen molar-refractivity contribution in [2.24, 2.45) is 16.9 Å². The molecule has 3 aromatic carbocycles. The number of fused-ring (bicyclic) bond motifs is 5. The molecule has 0 N–H and O–H groups in total. The molecule has 10 heteroatoms. The number of imide groups is 1. The number of non-ortho nitro benzene ring substituents is 1. The third-order valence-electron chi connectivity index (χ3n) is 6.99. The molecular weight excluding hydrogens is 484 g/mol. The van der Waals surface area contributed by atoms with Gasteiger partial charge in [-0.1, -0.05) is 41.9 Å². The molecule has 3 heterocycles. The lowest BCUT2D eigenvalue weighted by molar-refractivity contribution is -0.384. The quantitative estimate of drug-likeness (QED) is 0.231. The highest BCUT2D eigenvalue weighted by Gasteiger charge is 2.65. The van der Waals surface area contributed by atoms with Gasteiger partial charge >= 0.3 is 0 Å². The van der Waals surface area contributed by atoms with Gasteiger partial charge in [0.15, 0.2) is 5.78 Å². The fourth-order valence-electron chi connectivity index (χ4n) is 5.45. The van der Waals surface area contributed by atoms with E-state index < -0.39 is 40.7 Å². The minimum atomic E-state index is -1.04. The SMILES string of the molecule is O=C(c1ccc(Cl)cc1)[C@H]1[C@H]2C(=O)N(c3cccc([N+](=O)[O-])c3)C(=O)[C@H]2[C@H]2c3ccccc3C=NN21. The minimum Gasteiger partial charge on any atom is -0.292 e. The summed E-state index contributed by atoms with van der Waals surface area (Å²) in [5.74, 6) is -3.37.